The summed E-state index contributed by atoms with van der Waals surface area (Å²) in [5, 5.41) is 3.01. The number of likely N-dealkylation sites (tertiary alicyclic amines) is 1. The van der Waals surface area contributed by atoms with E-state index in [-0.39, 0.29) is 43.1 Å². The lowest BCUT2D eigenvalue weighted by Crippen LogP contribution is -2.47. The van der Waals surface area contributed by atoms with Gasteiger partial charge in [0.25, 0.3) is 5.91 Å². The van der Waals surface area contributed by atoms with Gasteiger partial charge < -0.3 is 15.0 Å². The first-order valence-corrected chi connectivity index (χ1v) is 11.3. The van der Waals surface area contributed by atoms with Crippen LogP contribution >= 0.6 is 0 Å². The molecule has 1 fully saturated rings. The summed E-state index contributed by atoms with van der Waals surface area (Å²) in [6.45, 7) is 5.18. The number of hydrogen-bond acceptors (Lipinski definition) is 4. The molecule has 0 aromatic heterocycles. The fraction of sp³-hybridized carbons (Fsp3) is 0.423. The van der Waals surface area contributed by atoms with Crippen LogP contribution in [0.4, 0.5) is 0 Å². The molecule has 0 saturated carbocycles. The summed E-state index contributed by atoms with van der Waals surface area (Å²) >= 11 is 0. The van der Waals surface area contributed by atoms with Crippen LogP contribution in [-0.2, 0) is 16.0 Å². The van der Waals surface area contributed by atoms with Gasteiger partial charge in [0.15, 0.2) is 12.4 Å². The highest BCUT2D eigenvalue weighted by atomic mass is 16.5. The highest BCUT2D eigenvalue weighted by Crippen LogP contribution is 2.18. The summed E-state index contributed by atoms with van der Waals surface area (Å²) in [6.07, 6.45) is 2.69. The first kappa shape index (κ1) is 23.5. The molecule has 32 heavy (non-hydrogen) atoms. The van der Waals surface area contributed by atoms with Crippen molar-refractivity contribution in [3.8, 4) is 5.75 Å². The van der Waals surface area contributed by atoms with Gasteiger partial charge in [-0.25, -0.2) is 0 Å². The van der Waals surface area contributed by atoms with Crippen LogP contribution in [-0.4, -0.2) is 48.2 Å². The monoisotopic (exact) mass is 436 g/mol. The molecule has 2 aromatic rings. The second-order valence-electron chi connectivity index (χ2n) is 8.26. The fourth-order valence-electron chi connectivity index (χ4n) is 3.88. The molecule has 170 valence electrons. The number of ketones is 1. The largest absolute Gasteiger partial charge is 0.483 e. The summed E-state index contributed by atoms with van der Waals surface area (Å²) in [6, 6.07) is 15.2. The number of ether oxygens (including phenoxy) is 1. The zero-order valence-corrected chi connectivity index (χ0v) is 18.9. The van der Waals surface area contributed by atoms with Crippen molar-refractivity contribution in [3.63, 3.8) is 0 Å². The number of nitrogens with zero attached hydrogens (tertiary/aromatic N) is 1. The van der Waals surface area contributed by atoms with Gasteiger partial charge in [0.1, 0.15) is 5.75 Å². The Hall–Kier alpha value is -3.15. The van der Waals surface area contributed by atoms with E-state index in [1.54, 1.807) is 17.0 Å². The van der Waals surface area contributed by atoms with Crippen molar-refractivity contribution in [2.24, 2.45) is 0 Å². The number of carbonyl (C=O) groups excluding carboxylic acids is 3. The predicted molar refractivity (Wildman–Crippen MR) is 124 cm³/mol. The molecule has 6 nitrogen and oxygen atoms in total. The number of rotatable bonds is 9. The van der Waals surface area contributed by atoms with E-state index in [0.29, 0.717) is 31.5 Å². The Morgan fingerprint density at radius 3 is 2.38 bits per heavy atom. The maximum Gasteiger partial charge on any atom is 0.258 e. The third kappa shape index (κ3) is 6.67. The number of hydrogen-bond donors (Lipinski definition) is 1. The number of Topliss-reactive ketones (excluding diaryl/α,β-unsaturated/α-hetero) is 1. The third-order valence-corrected chi connectivity index (χ3v) is 5.86. The minimum absolute atomic E-state index is 0.00487. The third-order valence-electron chi connectivity index (χ3n) is 5.86. The van der Waals surface area contributed by atoms with E-state index in [0.717, 1.165) is 23.3 Å². The Bertz CT molecular complexity index is 931. The van der Waals surface area contributed by atoms with Gasteiger partial charge in [-0.15, -0.1) is 0 Å². The van der Waals surface area contributed by atoms with E-state index < -0.39 is 0 Å². The van der Waals surface area contributed by atoms with E-state index in [1.165, 1.54) is 0 Å². The van der Waals surface area contributed by atoms with Crippen LogP contribution in [0.5, 0.6) is 5.75 Å². The Balaban J connectivity index is 1.36. The maximum atomic E-state index is 12.5. The Morgan fingerprint density at radius 2 is 1.69 bits per heavy atom. The van der Waals surface area contributed by atoms with Crippen LogP contribution in [0.1, 0.15) is 54.1 Å². The van der Waals surface area contributed by atoms with Gasteiger partial charge >= 0.3 is 0 Å². The zero-order valence-electron chi connectivity index (χ0n) is 18.9. The molecule has 1 saturated heterocycles. The van der Waals surface area contributed by atoms with Gasteiger partial charge in [-0.2, -0.15) is 0 Å². The zero-order chi connectivity index (χ0) is 22.9. The minimum atomic E-state index is -0.149. The molecule has 6 heteroatoms. The number of nitrogens with one attached hydrogen (secondary N) is 1. The predicted octanol–water partition coefficient (Wildman–Crippen LogP) is 3.71. The maximum absolute atomic E-state index is 12.5. The molecule has 2 aromatic carbocycles. The number of amides is 2. The summed E-state index contributed by atoms with van der Waals surface area (Å²) in [7, 11) is 0. The average Bonchev–Trinajstić information content (AvgIpc) is 2.82. The smallest absolute Gasteiger partial charge is 0.258 e. The first-order chi connectivity index (χ1) is 15.5. The van der Waals surface area contributed by atoms with Crippen LogP contribution in [0, 0.1) is 6.92 Å². The molecule has 1 aliphatic rings. The van der Waals surface area contributed by atoms with Crippen molar-refractivity contribution >= 4 is 17.6 Å². The van der Waals surface area contributed by atoms with Crippen LogP contribution in [0.15, 0.2) is 48.5 Å². The fourth-order valence-corrected chi connectivity index (χ4v) is 3.88. The molecular formula is C26H32N2O4. The quantitative estimate of drug-likeness (QED) is 0.608. The second kappa shape index (κ2) is 11.5. The molecule has 0 bridgehead atoms. The molecule has 0 aliphatic carbocycles. The van der Waals surface area contributed by atoms with Gasteiger partial charge in [-0.1, -0.05) is 55.0 Å². The van der Waals surface area contributed by atoms with E-state index in [4.69, 9.17) is 4.74 Å². The Kier molecular flexibility index (Phi) is 8.42. The van der Waals surface area contributed by atoms with Crippen molar-refractivity contribution in [1.29, 1.82) is 0 Å². The van der Waals surface area contributed by atoms with Crippen LogP contribution < -0.4 is 10.1 Å². The van der Waals surface area contributed by atoms with Crippen LogP contribution in [0.2, 0.25) is 0 Å². The van der Waals surface area contributed by atoms with E-state index in [2.05, 4.69) is 12.2 Å². The number of carbonyl (C=O) groups is 3. The van der Waals surface area contributed by atoms with Crippen molar-refractivity contribution in [2.75, 3.05) is 19.7 Å². The molecular weight excluding hydrogens is 404 g/mol. The number of piperidine rings is 1. The first-order valence-electron chi connectivity index (χ1n) is 11.3. The standard InChI is InChI=1S/C26H32N2O4/c1-3-20-6-4-5-7-24(20)32-18-25(30)27-22-14-16-28(17-15-22)26(31)13-12-23(29)21-10-8-19(2)9-11-21/h4-11,22H,3,12-18H2,1-2H3,(H,27,30). The molecule has 1 N–H and O–H groups in total. The summed E-state index contributed by atoms with van der Waals surface area (Å²) in [5.41, 5.74) is 2.83. The normalized spacial score (nSPS) is 14.1. The van der Waals surface area contributed by atoms with Crippen molar-refractivity contribution < 1.29 is 19.1 Å². The van der Waals surface area contributed by atoms with Gasteiger partial charge in [-0.05, 0) is 37.8 Å². The minimum Gasteiger partial charge on any atom is -0.483 e. The highest BCUT2D eigenvalue weighted by molar-refractivity contribution is 5.98. The Morgan fingerprint density at radius 1 is 1.00 bits per heavy atom. The summed E-state index contributed by atoms with van der Waals surface area (Å²) < 4.78 is 5.68. The topological polar surface area (TPSA) is 75.7 Å². The lowest BCUT2D eigenvalue weighted by molar-refractivity contribution is -0.132. The summed E-state index contributed by atoms with van der Waals surface area (Å²) in [5.74, 6) is 0.579. The van der Waals surface area contributed by atoms with E-state index >= 15 is 0 Å². The lowest BCUT2D eigenvalue weighted by atomic mass is 10.0. The van der Waals surface area contributed by atoms with Crippen molar-refractivity contribution in [1.82, 2.24) is 10.2 Å². The van der Waals surface area contributed by atoms with Crippen molar-refractivity contribution in [2.45, 2.75) is 52.0 Å². The van der Waals surface area contributed by atoms with E-state index in [9.17, 15) is 14.4 Å². The average molecular weight is 437 g/mol. The van der Waals surface area contributed by atoms with Crippen LogP contribution in [0.3, 0.4) is 0 Å². The Labute approximate surface area is 189 Å². The van der Waals surface area contributed by atoms with Gasteiger partial charge in [-0.3, -0.25) is 14.4 Å². The molecule has 0 unspecified atom stereocenters. The van der Waals surface area contributed by atoms with Gasteiger partial charge in [0.05, 0.1) is 0 Å². The summed E-state index contributed by atoms with van der Waals surface area (Å²) in [4.78, 5) is 38.9. The van der Waals surface area contributed by atoms with E-state index in [1.807, 2.05) is 43.3 Å². The molecule has 3 rings (SSSR count). The van der Waals surface area contributed by atoms with Gasteiger partial charge in [0, 0.05) is 37.5 Å². The molecule has 2 amide bonds. The molecule has 0 spiro atoms. The number of para-hydroxylation sites is 1. The molecule has 0 atom stereocenters. The van der Waals surface area contributed by atoms with Crippen LogP contribution in [0.25, 0.3) is 0 Å². The second-order valence-corrected chi connectivity index (χ2v) is 8.26. The SMILES string of the molecule is CCc1ccccc1OCC(=O)NC1CCN(C(=O)CCC(=O)c2ccc(C)cc2)CC1. The molecule has 1 heterocycles. The lowest BCUT2D eigenvalue weighted by Gasteiger charge is -2.32. The number of benzene rings is 2. The highest BCUT2D eigenvalue weighted by Gasteiger charge is 2.24. The molecule has 0 radical (unpaired) electrons. The number of aryl methyl sites for hydroxylation is 2. The van der Waals surface area contributed by atoms with Crippen molar-refractivity contribution in [3.05, 3.63) is 65.2 Å². The molecule has 1 aliphatic heterocycles. The van der Waals surface area contributed by atoms with Gasteiger partial charge in [0.2, 0.25) is 5.91 Å².